The van der Waals surface area contributed by atoms with Crippen LogP contribution in [0.3, 0.4) is 0 Å². The molecule has 1 aromatic rings. The van der Waals surface area contributed by atoms with E-state index in [1.54, 1.807) is 0 Å². The summed E-state index contributed by atoms with van der Waals surface area (Å²) in [5.41, 5.74) is 2.60. The number of benzene rings is 1. The molecular weight excluding hydrogens is 326 g/mol. The van der Waals surface area contributed by atoms with Crippen LogP contribution in [-0.2, 0) is 0 Å². The van der Waals surface area contributed by atoms with Crippen molar-refractivity contribution in [2.75, 3.05) is 13.2 Å². The van der Waals surface area contributed by atoms with E-state index >= 15 is 0 Å². The Hall–Kier alpha value is -0.800. The largest absolute Gasteiger partial charge is 0.493 e. The molecule has 2 rings (SSSR count). The Labute approximate surface area is 137 Å². The Kier molecular flexibility index (Phi) is 6.31. The van der Waals surface area contributed by atoms with E-state index in [0.717, 1.165) is 35.8 Å². The van der Waals surface area contributed by atoms with Gasteiger partial charge in [-0.05, 0) is 43.4 Å². The Bertz CT molecular complexity index is 492. The summed E-state index contributed by atoms with van der Waals surface area (Å²) < 4.78 is 6.97. The van der Waals surface area contributed by atoms with E-state index < -0.39 is 0 Å². The maximum Gasteiger partial charge on any atom is 0.126 e. The number of hydrogen-bond donors (Lipinski definition) is 1. The molecule has 0 aliphatic heterocycles. The Morgan fingerprint density at radius 2 is 2.19 bits per heavy atom. The molecule has 0 amide bonds. The number of ether oxygens (including phenoxy) is 1. The summed E-state index contributed by atoms with van der Waals surface area (Å²) in [7, 11) is 0. The average Bonchev–Trinajstić information content (AvgIpc) is 3.26. The molecule has 1 aromatic carbocycles. The topological polar surface area (TPSA) is 21.3 Å². The molecule has 1 fully saturated rings. The first-order valence-electron chi connectivity index (χ1n) is 7.96. The van der Waals surface area contributed by atoms with Crippen molar-refractivity contribution in [3.8, 4) is 5.75 Å². The van der Waals surface area contributed by atoms with Crippen LogP contribution in [0.5, 0.6) is 5.75 Å². The van der Waals surface area contributed by atoms with Gasteiger partial charge in [-0.25, -0.2) is 0 Å². The average molecular weight is 352 g/mol. The van der Waals surface area contributed by atoms with Crippen molar-refractivity contribution in [2.45, 2.75) is 46.1 Å². The lowest BCUT2D eigenvalue weighted by Crippen LogP contribution is -2.21. The number of hydrogen-bond acceptors (Lipinski definition) is 2. The van der Waals surface area contributed by atoms with E-state index in [-0.39, 0.29) is 0 Å². The van der Waals surface area contributed by atoms with E-state index in [1.807, 2.05) is 6.07 Å². The zero-order valence-electron chi connectivity index (χ0n) is 13.3. The van der Waals surface area contributed by atoms with Crippen molar-refractivity contribution in [3.63, 3.8) is 0 Å². The second kappa shape index (κ2) is 8.00. The van der Waals surface area contributed by atoms with Crippen molar-refractivity contribution in [1.29, 1.82) is 0 Å². The van der Waals surface area contributed by atoms with Gasteiger partial charge in [-0.2, -0.15) is 0 Å². The molecule has 0 unspecified atom stereocenters. The van der Waals surface area contributed by atoms with Crippen molar-refractivity contribution in [3.05, 3.63) is 33.8 Å². The predicted octanol–water partition coefficient (Wildman–Crippen LogP) is 5.03. The second-order valence-corrected chi connectivity index (χ2v) is 6.98. The first-order chi connectivity index (χ1) is 10.1. The first-order valence-corrected chi connectivity index (χ1v) is 8.75. The third-order valence-electron chi connectivity index (χ3n) is 3.69. The Morgan fingerprint density at radius 1 is 1.43 bits per heavy atom. The van der Waals surface area contributed by atoms with Gasteiger partial charge in [-0.3, -0.25) is 0 Å². The third-order valence-corrected chi connectivity index (χ3v) is 4.18. The summed E-state index contributed by atoms with van der Waals surface area (Å²) in [6.45, 7) is 8.38. The SMILES string of the molecule is CCCOc1ccc(Br)cc1C=C(CNC1CC1)C(C)C. The Morgan fingerprint density at radius 3 is 2.81 bits per heavy atom. The minimum absolute atomic E-state index is 0.536. The van der Waals surface area contributed by atoms with Gasteiger partial charge in [-0.1, -0.05) is 48.4 Å². The number of halogens is 1. The molecule has 116 valence electrons. The van der Waals surface area contributed by atoms with Crippen molar-refractivity contribution in [1.82, 2.24) is 5.32 Å². The Balaban J connectivity index is 2.18. The van der Waals surface area contributed by atoms with E-state index in [2.05, 4.69) is 60.2 Å². The molecule has 1 saturated carbocycles. The molecule has 0 saturated heterocycles. The molecule has 21 heavy (non-hydrogen) atoms. The second-order valence-electron chi connectivity index (χ2n) is 6.06. The molecule has 1 aliphatic carbocycles. The van der Waals surface area contributed by atoms with Gasteiger partial charge in [0.1, 0.15) is 5.75 Å². The van der Waals surface area contributed by atoms with Crippen molar-refractivity contribution in [2.24, 2.45) is 5.92 Å². The summed E-state index contributed by atoms with van der Waals surface area (Å²) in [4.78, 5) is 0. The van der Waals surface area contributed by atoms with Gasteiger partial charge >= 0.3 is 0 Å². The monoisotopic (exact) mass is 351 g/mol. The van der Waals surface area contributed by atoms with Crippen molar-refractivity contribution < 1.29 is 4.74 Å². The van der Waals surface area contributed by atoms with Gasteiger partial charge in [-0.15, -0.1) is 0 Å². The fourth-order valence-corrected chi connectivity index (χ4v) is 2.53. The highest BCUT2D eigenvalue weighted by atomic mass is 79.9. The lowest BCUT2D eigenvalue weighted by atomic mass is 9.99. The molecule has 0 bridgehead atoms. The maximum absolute atomic E-state index is 5.87. The molecule has 0 atom stereocenters. The molecule has 0 radical (unpaired) electrons. The summed E-state index contributed by atoms with van der Waals surface area (Å²) in [5.74, 6) is 1.51. The molecule has 1 N–H and O–H groups in total. The lowest BCUT2D eigenvalue weighted by Gasteiger charge is -2.15. The zero-order valence-corrected chi connectivity index (χ0v) is 14.9. The minimum atomic E-state index is 0.536. The van der Waals surface area contributed by atoms with Gasteiger partial charge in [0, 0.05) is 22.6 Å². The molecular formula is C18H26BrNO. The van der Waals surface area contributed by atoms with Crippen molar-refractivity contribution >= 4 is 22.0 Å². The standard InChI is InChI=1S/C18H26BrNO/c1-4-9-21-18-8-5-16(19)11-14(18)10-15(13(2)3)12-20-17-6-7-17/h5,8,10-11,13,17,20H,4,6-7,9,12H2,1-3H3. The van der Waals surface area contributed by atoms with Gasteiger partial charge in [0.2, 0.25) is 0 Å². The molecule has 0 spiro atoms. The number of nitrogens with one attached hydrogen (secondary N) is 1. The molecule has 3 heteroatoms. The highest BCUT2D eigenvalue weighted by Gasteiger charge is 2.20. The van der Waals surface area contributed by atoms with Crippen LogP contribution in [-0.4, -0.2) is 19.2 Å². The highest BCUT2D eigenvalue weighted by molar-refractivity contribution is 9.10. The lowest BCUT2D eigenvalue weighted by molar-refractivity contribution is 0.316. The summed E-state index contributed by atoms with van der Waals surface area (Å²) in [6.07, 6.45) is 5.97. The van der Waals surface area contributed by atoms with Gasteiger partial charge < -0.3 is 10.1 Å². The number of rotatable bonds is 8. The van der Waals surface area contributed by atoms with E-state index in [1.165, 1.54) is 24.0 Å². The van der Waals surface area contributed by atoms with E-state index in [4.69, 9.17) is 4.74 Å². The zero-order chi connectivity index (χ0) is 15.2. The maximum atomic E-state index is 5.87. The molecule has 0 heterocycles. The third kappa shape index (κ3) is 5.48. The molecule has 1 aliphatic rings. The fourth-order valence-electron chi connectivity index (χ4n) is 2.15. The normalized spacial score (nSPS) is 15.6. The molecule has 0 aromatic heterocycles. The van der Waals surface area contributed by atoms with Gasteiger partial charge in [0.25, 0.3) is 0 Å². The highest BCUT2D eigenvalue weighted by Crippen LogP contribution is 2.27. The van der Waals surface area contributed by atoms with Crippen LogP contribution in [0, 0.1) is 5.92 Å². The smallest absolute Gasteiger partial charge is 0.126 e. The fraction of sp³-hybridized carbons (Fsp3) is 0.556. The first kappa shape index (κ1) is 16.6. The minimum Gasteiger partial charge on any atom is -0.493 e. The van der Waals surface area contributed by atoms with E-state index in [0.29, 0.717) is 5.92 Å². The van der Waals surface area contributed by atoms with Crippen LogP contribution < -0.4 is 10.1 Å². The summed E-state index contributed by atoms with van der Waals surface area (Å²) in [5, 5.41) is 3.61. The summed E-state index contributed by atoms with van der Waals surface area (Å²) >= 11 is 3.56. The van der Waals surface area contributed by atoms with Crippen LogP contribution >= 0.6 is 15.9 Å². The van der Waals surface area contributed by atoms with Crippen LogP contribution in [0.15, 0.2) is 28.2 Å². The predicted molar refractivity (Wildman–Crippen MR) is 93.8 cm³/mol. The van der Waals surface area contributed by atoms with Crippen LogP contribution in [0.2, 0.25) is 0 Å². The summed E-state index contributed by atoms with van der Waals surface area (Å²) in [6, 6.07) is 6.98. The van der Waals surface area contributed by atoms with Crippen LogP contribution in [0.25, 0.3) is 6.08 Å². The van der Waals surface area contributed by atoms with Gasteiger partial charge in [0.15, 0.2) is 0 Å². The quantitative estimate of drug-likeness (QED) is 0.709. The van der Waals surface area contributed by atoms with Crippen LogP contribution in [0.4, 0.5) is 0 Å². The van der Waals surface area contributed by atoms with Gasteiger partial charge in [0.05, 0.1) is 6.61 Å². The van der Waals surface area contributed by atoms with Crippen LogP contribution in [0.1, 0.15) is 45.6 Å². The molecule has 2 nitrogen and oxygen atoms in total. The van der Waals surface area contributed by atoms with E-state index in [9.17, 15) is 0 Å².